The van der Waals surface area contributed by atoms with E-state index < -0.39 is 0 Å². The molecule has 0 bridgehead atoms. The predicted molar refractivity (Wildman–Crippen MR) is 69.6 cm³/mol. The number of nitrogens with two attached hydrogens (primary N) is 1. The summed E-state index contributed by atoms with van der Waals surface area (Å²) in [6, 6.07) is 5.83. The smallest absolute Gasteiger partial charge is 0.123 e. The van der Waals surface area contributed by atoms with Crippen molar-refractivity contribution < 1.29 is 0 Å². The van der Waals surface area contributed by atoms with E-state index in [-0.39, 0.29) is 4.75 Å². The molecule has 0 aliphatic carbocycles. The number of aromatic amines is 1. The Hall–Kier alpha value is -1.16. The summed E-state index contributed by atoms with van der Waals surface area (Å²) in [5.74, 6) is 2.32. The van der Waals surface area contributed by atoms with Gasteiger partial charge >= 0.3 is 0 Å². The van der Waals surface area contributed by atoms with Crippen molar-refractivity contribution in [3.05, 3.63) is 24.0 Å². The van der Waals surface area contributed by atoms with Crippen LogP contribution < -0.4 is 5.73 Å². The zero-order valence-corrected chi connectivity index (χ0v) is 10.1. The molecule has 1 aromatic heterocycles. The summed E-state index contributed by atoms with van der Waals surface area (Å²) in [6.45, 7) is 2.27. The third-order valence-corrected chi connectivity index (χ3v) is 4.75. The van der Waals surface area contributed by atoms with Gasteiger partial charge in [-0.1, -0.05) is 0 Å². The lowest BCUT2D eigenvalue weighted by Crippen LogP contribution is -2.14. The Morgan fingerprint density at radius 3 is 3.12 bits per heavy atom. The molecule has 1 aromatic carbocycles. The van der Waals surface area contributed by atoms with E-state index in [1.54, 1.807) is 0 Å². The molecule has 1 aliphatic rings. The molecule has 4 heteroatoms. The number of anilines is 1. The average molecular weight is 233 g/mol. The highest BCUT2D eigenvalue weighted by atomic mass is 32.2. The average Bonchev–Trinajstić information content (AvgIpc) is 2.84. The third kappa shape index (κ3) is 1.48. The summed E-state index contributed by atoms with van der Waals surface area (Å²) in [6.07, 6.45) is 2.48. The molecule has 84 valence electrons. The van der Waals surface area contributed by atoms with Crippen LogP contribution in [0.3, 0.4) is 0 Å². The van der Waals surface area contributed by atoms with Crippen LogP contribution >= 0.6 is 11.8 Å². The predicted octanol–water partition coefficient (Wildman–Crippen LogP) is 2.89. The van der Waals surface area contributed by atoms with Gasteiger partial charge in [0.15, 0.2) is 0 Å². The standard InChI is InChI=1S/C12H15N3S/c1-12(5-2-6-16-12)11-14-9-4-3-8(13)7-10(9)15-11/h3-4,7H,2,5-6,13H2,1H3,(H,14,15). The molecule has 3 rings (SSSR count). The molecule has 2 aromatic rings. The first-order valence-electron chi connectivity index (χ1n) is 5.57. The van der Waals surface area contributed by atoms with Crippen LogP contribution in [0.5, 0.6) is 0 Å². The van der Waals surface area contributed by atoms with E-state index in [2.05, 4.69) is 16.9 Å². The lowest BCUT2D eigenvalue weighted by molar-refractivity contribution is 0.614. The Morgan fingerprint density at radius 1 is 1.50 bits per heavy atom. The van der Waals surface area contributed by atoms with Crippen molar-refractivity contribution in [2.75, 3.05) is 11.5 Å². The molecule has 3 N–H and O–H groups in total. The highest BCUT2D eigenvalue weighted by Gasteiger charge is 2.34. The van der Waals surface area contributed by atoms with E-state index in [9.17, 15) is 0 Å². The molecule has 0 radical (unpaired) electrons. The van der Waals surface area contributed by atoms with Crippen molar-refractivity contribution in [2.45, 2.75) is 24.5 Å². The first-order valence-corrected chi connectivity index (χ1v) is 6.56. The van der Waals surface area contributed by atoms with Gasteiger partial charge in [0.1, 0.15) is 5.82 Å². The van der Waals surface area contributed by atoms with E-state index in [1.807, 2.05) is 30.0 Å². The van der Waals surface area contributed by atoms with E-state index in [4.69, 9.17) is 5.73 Å². The fourth-order valence-electron chi connectivity index (χ4n) is 2.24. The summed E-state index contributed by atoms with van der Waals surface area (Å²) >= 11 is 1.99. The Morgan fingerprint density at radius 2 is 2.38 bits per heavy atom. The largest absolute Gasteiger partial charge is 0.399 e. The van der Waals surface area contributed by atoms with Gasteiger partial charge in [-0.3, -0.25) is 0 Å². The SMILES string of the molecule is CC1(c2nc3ccc(N)cc3[nH]2)CCCS1. The molecule has 1 saturated heterocycles. The minimum absolute atomic E-state index is 0.160. The second-order valence-electron chi connectivity index (χ2n) is 4.54. The van der Waals surface area contributed by atoms with Gasteiger partial charge in [-0.15, -0.1) is 11.8 Å². The molecule has 2 heterocycles. The van der Waals surface area contributed by atoms with Crippen molar-refractivity contribution in [1.29, 1.82) is 0 Å². The summed E-state index contributed by atoms with van der Waals surface area (Å²) in [7, 11) is 0. The number of benzene rings is 1. The number of nitrogens with one attached hydrogen (secondary N) is 1. The quantitative estimate of drug-likeness (QED) is 0.745. The Bertz CT molecular complexity index is 526. The van der Waals surface area contributed by atoms with E-state index >= 15 is 0 Å². The summed E-state index contributed by atoms with van der Waals surface area (Å²) in [5.41, 5.74) is 8.61. The van der Waals surface area contributed by atoms with Crippen molar-refractivity contribution >= 4 is 28.5 Å². The van der Waals surface area contributed by atoms with Crippen LogP contribution in [0.1, 0.15) is 25.6 Å². The molecule has 0 amide bonds. The molecule has 1 fully saturated rings. The van der Waals surface area contributed by atoms with E-state index in [0.29, 0.717) is 0 Å². The highest BCUT2D eigenvalue weighted by molar-refractivity contribution is 8.00. The first kappa shape index (κ1) is 10.0. The van der Waals surface area contributed by atoms with E-state index in [0.717, 1.165) is 22.5 Å². The van der Waals surface area contributed by atoms with Crippen molar-refractivity contribution in [2.24, 2.45) is 0 Å². The summed E-state index contributed by atoms with van der Waals surface area (Å²) in [4.78, 5) is 8.08. The second-order valence-corrected chi connectivity index (χ2v) is 6.14. The van der Waals surface area contributed by atoms with Crippen molar-refractivity contribution in [3.8, 4) is 0 Å². The molecular weight excluding hydrogens is 218 g/mol. The topological polar surface area (TPSA) is 54.7 Å². The normalized spacial score (nSPS) is 25.3. The molecule has 0 spiro atoms. The maximum absolute atomic E-state index is 5.77. The number of nitrogens with zero attached hydrogens (tertiary/aromatic N) is 1. The molecule has 1 atom stereocenters. The van der Waals surface area contributed by atoms with Gasteiger partial charge in [0.2, 0.25) is 0 Å². The Kier molecular flexibility index (Phi) is 2.14. The number of aromatic nitrogens is 2. The number of H-pyrrole nitrogens is 1. The zero-order valence-electron chi connectivity index (χ0n) is 9.29. The molecule has 3 nitrogen and oxygen atoms in total. The van der Waals surface area contributed by atoms with Crippen LogP contribution in [0.2, 0.25) is 0 Å². The van der Waals surface area contributed by atoms with Gasteiger partial charge < -0.3 is 10.7 Å². The summed E-state index contributed by atoms with van der Waals surface area (Å²) < 4.78 is 0.160. The van der Waals surface area contributed by atoms with Gasteiger partial charge in [0.25, 0.3) is 0 Å². The van der Waals surface area contributed by atoms with Crippen LogP contribution in [0, 0.1) is 0 Å². The monoisotopic (exact) mass is 233 g/mol. The van der Waals surface area contributed by atoms with Crippen LogP contribution in [0.25, 0.3) is 11.0 Å². The van der Waals surface area contributed by atoms with Crippen LogP contribution in [-0.2, 0) is 4.75 Å². The van der Waals surface area contributed by atoms with Gasteiger partial charge in [0, 0.05) is 5.69 Å². The van der Waals surface area contributed by atoms with E-state index in [1.165, 1.54) is 18.6 Å². The number of fused-ring (bicyclic) bond motifs is 1. The van der Waals surface area contributed by atoms with Gasteiger partial charge in [0.05, 0.1) is 15.8 Å². The van der Waals surface area contributed by atoms with Gasteiger partial charge in [-0.2, -0.15) is 0 Å². The number of thioether (sulfide) groups is 1. The summed E-state index contributed by atoms with van der Waals surface area (Å²) in [5, 5.41) is 0. The van der Waals surface area contributed by atoms with Crippen molar-refractivity contribution in [3.63, 3.8) is 0 Å². The van der Waals surface area contributed by atoms with Crippen LogP contribution in [-0.4, -0.2) is 15.7 Å². The molecular formula is C12H15N3S. The molecule has 1 unspecified atom stereocenters. The number of nitrogen functional groups attached to an aromatic ring is 1. The van der Waals surface area contributed by atoms with Gasteiger partial charge in [-0.05, 0) is 43.7 Å². The molecule has 1 aliphatic heterocycles. The second kappa shape index (κ2) is 3.42. The zero-order chi connectivity index (χ0) is 11.2. The minimum atomic E-state index is 0.160. The molecule has 0 saturated carbocycles. The van der Waals surface area contributed by atoms with Crippen LogP contribution in [0.4, 0.5) is 5.69 Å². The maximum atomic E-state index is 5.77. The minimum Gasteiger partial charge on any atom is -0.399 e. The Labute approximate surface area is 98.8 Å². The third-order valence-electron chi connectivity index (χ3n) is 3.23. The lowest BCUT2D eigenvalue weighted by Gasteiger charge is -2.18. The maximum Gasteiger partial charge on any atom is 0.123 e. The highest BCUT2D eigenvalue weighted by Crippen LogP contribution is 2.45. The Balaban J connectivity index is 2.11. The number of imidazole rings is 1. The number of rotatable bonds is 1. The van der Waals surface area contributed by atoms with Crippen molar-refractivity contribution in [1.82, 2.24) is 9.97 Å². The van der Waals surface area contributed by atoms with Crippen LogP contribution in [0.15, 0.2) is 18.2 Å². The number of hydrogen-bond acceptors (Lipinski definition) is 3. The fourth-order valence-corrected chi connectivity index (χ4v) is 3.50. The molecule has 16 heavy (non-hydrogen) atoms. The number of hydrogen-bond donors (Lipinski definition) is 2. The first-order chi connectivity index (χ1) is 7.67. The fraction of sp³-hybridized carbons (Fsp3) is 0.417. The van der Waals surface area contributed by atoms with Gasteiger partial charge in [-0.25, -0.2) is 4.98 Å². The lowest BCUT2D eigenvalue weighted by atomic mass is 10.1.